The van der Waals surface area contributed by atoms with Crippen LogP contribution in [0.3, 0.4) is 0 Å². The number of benzene rings is 1. The van der Waals surface area contributed by atoms with Gasteiger partial charge in [-0.15, -0.1) is 0 Å². The quantitative estimate of drug-likeness (QED) is 0.771. The van der Waals surface area contributed by atoms with Gasteiger partial charge in [-0.25, -0.2) is 9.97 Å². The number of aryl methyl sites for hydroxylation is 1. The molecule has 1 aromatic carbocycles. The monoisotopic (exact) mass is 298 g/mol. The number of hydrogen-bond donors (Lipinski definition) is 2. The molecule has 5 nitrogen and oxygen atoms in total. The number of aromatic nitrogens is 2. The lowest BCUT2D eigenvalue weighted by Gasteiger charge is -2.08. The van der Waals surface area contributed by atoms with Gasteiger partial charge in [-0.05, 0) is 18.9 Å². The molecule has 2 aromatic rings. The summed E-state index contributed by atoms with van der Waals surface area (Å²) in [5.41, 5.74) is 2.78. The normalized spacial score (nSPS) is 10.3. The van der Waals surface area contributed by atoms with Gasteiger partial charge in [0.25, 0.3) is 5.91 Å². The van der Waals surface area contributed by atoms with E-state index in [0.717, 1.165) is 12.8 Å². The van der Waals surface area contributed by atoms with Crippen LogP contribution in [-0.2, 0) is 6.54 Å². The van der Waals surface area contributed by atoms with Crippen LogP contribution in [0.1, 0.15) is 41.4 Å². The van der Waals surface area contributed by atoms with E-state index < -0.39 is 0 Å². The highest BCUT2D eigenvalue weighted by molar-refractivity contribution is 5.92. The summed E-state index contributed by atoms with van der Waals surface area (Å²) in [5.74, 6) is 0.492. The van der Waals surface area contributed by atoms with Crippen molar-refractivity contribution in [2.45, 2.75) is 33.2 Å². The van der Waals surface area contributed by atoms with E-state index in [0.29, 0.717) is 24.6 Å². The number of unbranched alkanes of at least 4 members (excludes halogenated alkanes) is 1. The van der Waals surface area contributed by atoms with E-state index in [1.165, 1.54) is 17.5 Å². The Morgan fingerprint density at radius 3 is 2.86 bits per heavy atom. The number of nitrogens with one attached hydrogen (secondary N) is 2. The van der Waals surface area contributed by atoms with Crippen molar-refractivity contribution in [2.75, 3.05) is 11.9 Å². The van der Waals surface area contributed by atoms with Crippen molar-refractivity contribution in [3.05, 3.63) is 53.5 Å². The molecule has 0 fully saturated rings. The van der Waals surface area contributed by atoms with Crippen LogP contribution in [0.25, 0.3) is 0 Å². The lowest BCUT2D eigenvalue weighted by atomic mass is 10.1. The van der Waals surface area contributed by atoms with Gasteiger partial charge in [-0.3, -0.25) is 4.79 Å². The van der Waals surface area contributed by atoms with Crippen molar-refractivity contribution >= 4 is 11.7 Å². The minimum atomic E-state index is -0.158. The van der Waals surface area contributed by atoms with Gasteiger partial charge in [-0.2, -0.15) is 0 Å². The summed E-state index contributed by atoms with van der Waals surface area (Å²) >= 11 is 0. The third kappa shape index (κ3) is 4.84. The molecule has 0 saturated carbocycles. The maximum atomic E-state index is 12.0. The highest BCUT2D eigenvalue weighted by atomic mass is 16.1. The van der Waals surface area contributed by atoms with Crippen LogP contribution in [0, 0.1) is 6.92 Å². The minimum absolute atomic E-state index is 0.158. The summed E-state index contributed by atoms with van der Waals surface area (Å²) in [7, 11) is 0. The fourth-order valence-electron chi connectivity index (χ4n) is 2.06. The summed E-state index contributed by atoms with van der Waals surface area (Å²) in [6, 6.07) is 9.94. The Morgan fingerprint density at radius 2 is 2.09 bits per heavy atom. The molecule has 0 radical (unpaired) electrons. The summed E-state index contributed by atoms with van der Waals surface area (Å²) in [6.07, 6.45) is 3.43. The maximum absolute atomic E-state index is 12.0. The number of rotatable bonds is 7. The Hall–Kier alpha value is -2.43. The largest absolute Gasteiger partial charge is 0.366 e. The maximum Gasteiger partial charge on any atom is 0.270 e. The van der Waals surface area contributed by atoms with Gasteiger partial charge < -0.3 is 10.6 Å². The molecule has 1 amide bonds. The van der Waals surface area contributed by atoms with Crippen LogP contribution >= 0.6 is 0 Å². The third-order valence-electron chi connectivity index (χ3n) is 3.27. The van der Waals surface area contributed by atoms with Gasteiger partial charge in [0.05, 0.1) is 0 Å². The average Bonchev–Trinajstić information content (AvgIpc) is 2.53. The van der Waals surface area contributed by atoms with Gasteiger partial charge in [0, 0.05) is 19.2 Å². The molecule has 2 rings (SSSR count). The number of hydrogen-bond acceptors (Lipinski definition) is 4. The van der Waals surface area contributed by atoms with Crippen LogP contribution in [0.15, 0.2) is 36.7 Å². The molecule has 0 aliphatic heterocycles. The van der Waals surface area contributed by atoms with Crippen molar-refractivity contribution in [3.63, 3.8) is 0 Å². The first-order chi connectivity index (χ1) is 10.7. The lowest BCUT2D eigenvalue weighted by molar-refractivity contribution is 0.0948. The first kappa shape index (κ1) is 15.9. The summed E-state index contributed by atoms with van der Waals surface area (Å²) in [4.78, 5) is 20.1. The highest BCUT2D eigenvalue weighted by Crippen LogP contribution is 2.09. The summed E-state index contributed by atoms with van der Waals surface area (Å²) in [5, 5.41) is 6.07. The first-order valence-corrected chi connectivity index (χ1v) is 7.58. The van der Waals surface area contributed by atoms with Gasteiger partial charge in [0.15, 0.2) is 0 Å². The molecule has 1 heterocycles. The smallest absolute Gasteiger partial charge is 0.270 e. The molecule has 0 saturated heterocycles. The molecule has 0 bridgehead atoms. The Kier molecular flexibility index (Phi) is 5.89. The highest BCUT2D eigenvalue weighted by Gasteiger charge is 2.07. The Labute approximate surface area is 131 Å². The van der Waals surface area contributed by atoms with Crippen LogP contribution in [0.4, 0.5) is 5.82 Å². The number of amides is 1. The van der Waals surface area contributed by atoms with E-state index in [2.05, 4.69) is 52.6 Å². The van der Waals surface area contributed by atoms with Crippen LogP contribution < -0.4 is 10.6 Å². The van der Waals surface area contributed by atoms with Gasteiger partial charge >= 0.3 is 0 Å². The van der Waals surface area contributed by atoms with Crippen molar-refractivity contribution < 1.29 is 4.79 Å². The van der Waals surface area contributed by atoms with Crippen molar-refractivity contribution in [2.24, 2.45) is 0 Å². The Bertz CT molecular complexity index is 628. The van der Waals surface area contributed by atoms with Crippen molar-refractivity contribution in [1.82, 2.24) is 15.3 Å². The van der Waals surface area contributed by atoms with Crippen molar-refractivity contribution in [1.29, 1.82) is 0 Å². The van der Waals surface area contributed by atoms with Gasteiger partial charge in [0.1, 0.15) is 17.8 Å². The molecule has 116 valence electrons. The zero-order chi connectivity index (χ0) is 15.8. The summed E-state index contributed by atoms with van der Waals surface area (Å²) < 4.78 is 0. The molecule has 22 heavy (non-hydrogen) atoms. The molecule has 0 atom stereocenters. The van der Waals surface area contributed by atoms with E-state index in [1.807, 2.05) is 6.07 Å². The standard InChI is InChI=1S/C17H22N4O/c1-3-4-8-18-17(22)15-10-16(21-12-20-15)19-11-14-7-5-6-13(2)9-14/h5-7,9-10,12H,3-4,8,11H2,1-2H3,(H,18,22)(H,19,20,21). The molecule has 5 heteroatoms. The van der Waals surface area contributed by atoms with Crippen LogP contribution in [0.5, 0.6) is 0 Å². The second-order valence-electron chi connectivity index (χ2n) is 5.24. The molecule has 0 aliphatic carbocycles. The zero-order valence-corrected chi connectivity index (χ0v) is 13.1. The Morgan fingerprint density at radius 1 is 1.23 bits per heavy atom. The van der Waals surface area contributed by atoms with Gasteiger partial charge in [0.2, 0.25) is 0 Å². The second kappa shape index (κ2) is 8.12. The molecule has 1 aromatic heterocycles. The first-order valence-electron chi connectivity index (χ1n) is 7.58. The molecule has 2 N–H and O–H groups in total. The average molecular weight is 298 g/mol. The van der Waals surface area contributed by atoms with Crippen molar-refractivity contribution in [3.8, 4) is 0 Å². The predicted molar refractivity (Wildman–Crippen MR) is 87.8 cm³/mol. The minimum Gasteiger partial charge on any atom is -0.366 e. The van der Waals surface area contributed by atoms with E-state index in [4.69, 9.17) is 0 Å². The molecular weight excluding hydrogens is 276 g/mol. The SMILES string of the molecule is CCCCNC(=O)c1cc(NCc2cccc(C)c2)ncn1. The molecule has 0 aliphatic rings. The summed E-state index contributed by atoms with van der Waals surface area (Å²) in [6.45, 7) is 5.48. The number of anilines is 1. The van der Waals surface area contributed by atoms with E-state index in [-0.39, 0.29) is 5.91 Å². The van der Waals surface area contributed by atoms with E-state index in [9.17, 15) is 4.79 Å². The number of nitrogens with zero attached hydrogens (tertiary/aromatic N) is 2. The fraction of sp³-hybridized carbons (Fsp3) is 0.353. The van der Waals surface area contributed by atoms with E-state index in [1.54, 1.807) is 6.07 Å². The van der Waals surface area contributed by atoms with Gasteiger partial charge in [-0.1, -0.05) is 43.2 Å². The second-order valence-corrected chi connectivity index (χ2v) is 5.24. The molecular formula is C17H22N4O. The van der Waals surface area contributed by atoms with Crippen LogP contribution in [-0.4, -0.2) is 22.4 Å². The molecule has 0 spiro atoms. The number of carbonyl (C=O) groups is 1. The molecule has 0 unspecified atom stereocenters. The fourth-order valence-corrected chi connectivity index (χ4v) is 2.06. The van der Waals surface area contributed by atoms with E-state index >= 15 is 0 Å². The zero-order valence-electron chi connectivity index (χ0n) is 13.1. The lowest BCUT2D eigenvalue weighted by Crippen LogP contribution is -2.25. The number of carbonyl (C=O) groups excluding carboxylic acids is 1. The Balaban J connectivity index is 1.95. The van der Waals surface area contributed by atoms with Crippen LogP contribution in [0.2, 0.25) is 0 Å². The third-order valence-corrected chi connectivity index (χ3v) is 3.27. The predicted octanol–water partition coefficient (Wildman–Crippen LogP) is 2.93. The topological polar surface area (TPSA) is 66.9 Å².